The Hall–Kier alpha value is -1.30. The first-order chi connectivity index (χ1) is 12.2. The molecule has 0 aromatic carbocycles. The largest absolute Gasteiger partial charge is 0.356 e. The fourth-order valence-corrected chi connectivity index (χ4v) is 5.59. The summed E-state index contributed by atoms with van der Waals surface area (Å²) in [6, 6.07) is 2.90. The molecule has 136 valence electrons. The van der Waals surface area contributed by atoms with Gasteiger partial charge in [-0.05, 0) is 49.8 Å². The zero-order valence-electron chi connectivity index (χ0n) is 15.2. The predicted molar refractivity (Wildman–Crippen MR) is 101 cm³/mol. The molecule has 0 spiro atoms. The molecule has 25 heavy (non-hydrogen) atoms. The number of anilines is 1. The summed E-state index contributed by atoms with van der Waals surface area (Å²) in [4.78, 5) is 26.5. The lowest BCUT2D eigenvalue weighted by atomic mass is 9.71. The van der Waals surface area contributed by atoms with Crippen molar-refractivity contribution in [1.29, 1.82) is 0 Å². The van der Waals surface area contributed by atoms with Gasteiger partial charge in [-0.25, -0.2) is 9.97 Å². The van der Waals surface area contributed by atoms with E-state index in [1.807, 2.05) is 18.5 Å². The summed E-state index contributed by atoms with van der Waals surface area (Å²) in [5.41, 5.74) is 0. The molecule has 0 unspecified atom stereocenters. The van der Waals surface area contributed by atoms with Crippen LogP contribution in [0, 0.1) is 11.8 Å². The van der Waals surface area contributed by atoms with Crippen LogP contribution in [-0.2, 0) is 4.79 Å². The quantitative estimate of drug-likeness (QED) is 0.610. The second-order valence-electron chi connectivity index (χ2n) is 7.68. The number of thioether (sulfide) groups is 1. The van der Waals surface area contributed by atoms with Gasteiger partial charge in [-0.3, -0.25) is 4.79 Å². The van der Waals surface area contributed by atoms with Gasteiger partial charge in [0.15, 0.2) is 5.16 Å². The van der Waals surface area contributed by atoms with Crippen LogP contribution in [0.2, 0.25) is 0 Å². The summed E-state index contributed by atoms with van der Waals surface area (Å²) in [6.07, 6.45) is 10.4. The molecule has 0 radical (unpaired) electrons. The van der Waals surface area contributed by atoms with E-state index in [4.69, 9.17) is 4.98 Å². The molecule has 1 aromatic rings. The molecule has 1 aromatic heterocycles. The minimum Gasteiger partial charge on any atom is -0.356 e. The second-order valence-corrected chi connectivity index (χ2v) is 8.45. The molecule has 4 rings (SSSR count). The van der Waals surface area contributed by atoms with Crippen molar-refractivity contribution in [3.05, 3.63) is 12.3 Å². The third kappa shape index (κ3) is 3.14. The zero-order chi connectivity index (χ0) is 17.4. The highest BCUT2D eigenvalue weighted by atomic mass is 32.2. The van der Waals surface area contributed by atoms with Crippen LogP contribution >= 0.6 is 11.8 Å². The molecule has 1 amide bonds. The summed E-state index contributed by atoms with van der Waals surface area (Å²) >= 11 is 1.59. The summed E-state index contributed by atoms with van der Waals surface area (Å²) in [7, 11) is 0. The van der Waals surface area contributed by atoms with Gasteiger partial charge in [-0.2, -0.15) is 0 Å². The van der Waals surface area contributed by atoms with E-state index in [2.05, 4.69) is 21.7 Å². The highest BCUT2D eigenvalue weighted by Crippen LogP contribution is 2.43. The fourth-order valence-electron chi connectivity index (χ4n) is 5.24. The van der Waals surface area contributed by atoms with E-state index >= 15 is 0 Å². The van der Waals surface area contributed by atoms with Crippen LogP contribution in [0.15, 0.2) is 17.4 Å². The van der Waals surface area contributed by atoms with Crippen molar-refractivity contribution in [3.8, 4) is 0 Å². The molecule has 0 saturated carbocycles. The first-order valence-corrected chi connectivity index (χ1v) is 10.9. The Kier molecular flexibility index (Phi) is 4.89. The van der Waals surface area contributed by atoms with Crippen molar-refractivity contribution in [2.45, 2.75) is 62.7 Å². The topological polar surface area (TPSA) is 49.3 Å². The van der Waals surface area contributed by atoms with E-state index in [1.54, 1.807) is 11.8 Å². The van der Waals surface area contributed by atoms with Gasteiger partial charge in [0.05, 0.1) is 0 Å². The van der Waals surface area contributed by atoms with E-state index in [0.717, 1.165) is 49.7 Å². The molecule has 5 nitrogen and oxygen atoms in total. The first-order valence-electron chi connectivity index (χ1n) is 9.64. The average Bonchev–Trinajstić information content (AvgIpc) is 2.65. The SMILES string of the molecule is CCC[C@H]1[C@H]2C[C@H](CN(c3ccnc(SC)n3)C2)[C@@H]2CCCC(=O)N21. The van der Waals surface area contributed by atoms with Crippen LogP contribution in [-0.4, -0.2) is 52.2 Å². The Morgan fingerprint density at radius 3 is 2.96 bits per heavy atom. The lowest BCUT2D eigenvalue weighted by Crippen LogP contribution is -2.65. The monoisotopic (exact) mass is 360 g/mol. The number of fused-ring (bicyclic) bond motifs is 4. The van der Waals surface area contributed by atoms with E-state index in [9.17, 15) is 4.79 Å². The predicted octanol–water partition coefficient (Wildman–Crippen LogP) is 3.20. The van der Waals surface area contributed by atoms with Crippen LogP contribution in [0.25, 0.3) is 0 Å². The van der Waals surface area contributed by atoms with Crippen LogP contribution in [0.5, 0.6) is 0 Å². The Bertz CT molecular complexity index is 640. The molecular weight excluding hydrogens is 332 g/mol. The zero-order valence-corrected chi connectivity index (χ0v) is 16.0. The summed E-state index contributed by atoms with van der Waals surface area (Å²) in [5.74, 6) is 2.62. The third-order valence-electron chi connectivity index (χ3n) is 6.21. The van der Waals surface area contributed by atoms with Crippen LogP contribution in [0.1, 0.15) is 45.4 Å². The standard InChI is InChI=1S/C19H28N4OS/c1-3-5-15-13-10-14(16-6-4-7-18(24)23(15)16)12-22(11-13)17-8-9-20-19(21-17)25-2/h8-9,13-16H,3-7,10-12H2,1-2H3/t13-,14+,15-,16-/m0/s1. The number of amides is 1. The molecule has 3 aliphatic rings. The number of nitrogens with zero attached hydrogens (tertiary/aromatic N) is 4. The minimum absolute atomic E-state index is 0.407. The maximum atomic E-state index is 12.7. The van der Waals surface area contributed by atoms with Crippen molar-refractivity contribution in [3.63, 3.8) is 0 Å². The van der Waals surface area contributed by atoms with Crippen molar-refractivity contribution >= 4 is 23.5 Å². The maximum absolute atomic E-state index is 12.7. The molecule has 4 heterocycles. The molecular formula is C19H28N4OS. The molecule has 3 saturated heterocycles. The van der Waals surface area contributed by atoms with Gasteiger partial charge in [0.2, 0.25) is 5.91 Å². The highest BCUT2D eigenvalue weighted by Gasteiger charge is 2.49. The lowest BCUT2D eigenvalue weighted by Gasteiger charge is -2.57. The lowest BCUT2D eigenvalue weighted by molar-refractivity contribution is -0.149. The van der Waals surface area contributed by atoms with Crippen molar-refractivity contribution < 1.29 is 4.79 Å². The molecule has 3 fully saturated rings. The van der Waals surface area contributed by atoms with Gasteiger partial charge in [0.1, 0.15) is 5.82 Å². The maximum Gasteiger partial charge on any atom is 0.223 e. The Morgan fingerprint density at radius 2 is 2.16 bits per heavy atom. The van der Waals surface area contributed by atoms with Crippen molar-refractivity contribution in [1.82, 2.24) is 14.9 Å². The Balaban J connectivity index is 1.62. The Labute approximate surface area is 154 Å². The van der Waals surface area contributed by atoms with Crippen molar-refractivity contribution in [2.24, 2.45) is 11.8 Å². The number of aromatic nitrogens is 2. The molecule has 2 bridgehead atoms. The highest BCUT2D eigenvalue weighted by molar-refractivity contribution is 7.98. The van der Waals surface area contributed by atoms with Gasteiger partial charge in [-0.15, -0.1) is 0 Å². The third-order valence-corrected chi connectivity index (χ3v) is 6.77. The summed E-state index contributed by atoms with van der Waals surface area (Å²) in [6.45, 7) is 4.28. The molecule has 4 atom stereocenters. The molecule has 0 N–H and O–H groups in total. The average molecular weight is 361 g/mol. The normalized spacial score (nSPS) is 31.8. The molecule has 3 aliphatic heterocycles. The van der Waals surface area contributed by atoms with Gasteiger partial charge in [0, 0.05) is 37.8 Å². The minimum atomic E-state index is 0.407. The molecule has 0 aliphatic carbocycles. The number of rotatable bonds is 4. The Morgan fingerprint density at radius 1 is 1.32 bits per heavy atom. The number of piperidine rings is 3. The van der Waals surface area contributed by atoms with Gasteiger partial charge in [-0.1, -0.05) is 25.1 Å². The fraction of sp³-hybridized carbons (Fsp3) is 0.737. The molecule has 6 heteroatoms. The second kappa shape index (κ2) is 7.14. The van der Waals surface area contributed by atoms with Gasteiger partial charge in [0.25, 0.3) is 0 Å². The van der Waals surface area contributed by atoms with Crippen LogP contribution in [0.3, 0.4) is 0 Å². The van der Waals surface area contributed by atoms with Crippen molar-refractivity contribution in [2.75, 3.05) is 24.2 Å². The number of hydrogen-bond acceptors (Lipinski definition) is 5. The van der Waals surface area contributed by atoms with Crippen LogP contribution < -0.4 is 4.90 Å². The smallest absolute Gasteiger partial charge is 0.223 e. The summed E-state index contributed by atoms with van der Waals surface area (Å²) < 4.78 is 0. The number of carbonyl (C=O) groups excluding carboxylic acids is 1. The van der Waals surface area contributed by atoms with Crippen LogP contribution in [0.4, 0.5) is 5.82 Å². The number of carbonyl (C=O) groups is 1. The first kappa shape index (κ1) is 17.1. The number of hydrogen-bond donors (Lipinski definition) is 0. The van der Waals surface area contributed by atoms with Gasteiger partial charge >= 0.3 is 0 Å². The van der Waals surface area contributed by atoms with E-state index in [1.165, 1.54) is 12.8 Å². The summed E-state index contributed by atoms with van der Waals surface area (Å²) in [5, 5.41) is 0.841. The van der Waals surface area contributed by atoms with E-state index < -0.39 is 0 Å². The van der Waals surface area contributed by atoms with E-state index in [0.29, 0.717) is 29.8 Å². The van der Waals surface area contributed by atoms with E-state index in [-0.39, 0.29) is 0 Å². The van der Waals surface area contributed by atoms with Gasteiger partial charge < -0.3 is 9.80 Å².